The van der Waals surface area contributed by atoms with Gasteiger partial charge in [-0.25, -0.2) is 15.0 Å². The smallest absolute Gasteiger partial charge is 0.164 e. The molecule has 2 aliphatic carbocycles. The average Bonchev–Trinajstić information content (AvgIpc) is 3.71. The largest absolute Gasteiger partial charge is 0.309 e. The van der Waals surface area contributed by atoms with Crippen molar-refractivity contribution >= 4 is 44.4 Å². The Hall–Kier alpha value is -8.33. The maximum Gasteiger partial charge on any atom is 0.164 e. The highest BCUT2D eigenvalue weighted by Gasteiger charge is 2.23. The number of fused-ring (bicyclic) bond motifs is 6. The van der Waals surface area contributed by atoms with Gasteiger partial charge in [0.05, 0.1) is 22.2 Å². The zero-order valence-electron chi connectivity index (χ0n) is 34.4. The fourth-order valence-corrected chi connectivity index (χ4v) is 9.31. The highest BCUT2D eigenvalue weighted by Crippen LogP contribution is 2.41. The lowest BCUT2D eigenvalue weighted by atomic mass is 9.96. The van der Waals surface area contributed by atoms with E-state index in [1.807, 2.05) is 36.4 Å². The van der Waals surface area contributed by atoms with Crippen LogP contribution in [0.15, 0.2) is 194 Å². The van der Waals surface area contributed by atoms with Crippen molar-refractivity contribution in [3.63, 3.8) is 0 Å². The van der Waals surface area contributed by atoms with Gasteiger partial charge in [0.25, 0.3) is 0 Å². The van der Waals surface area contributed by atoms with E-state index in [2.05, 4.69) is 185 Å². The van der Waals surface area contributed by atoms with Crippen LogP contribution in [0, 0.1) is 11.8 Å². The van der Waals surface area contributed by atoms with Crippen molar-refractivity contribution in [2.24, 2.45) is 0 Å². The lowest BCUT2D eigenvalue weighted by Crippen LogP contribution is -2.03. The summed E-state index contributed by atoms with van der Waals surface area (Å²) in [4.78, 5) is 15.2. The van der Waals surface area contributed by atoms with E-state index in [0.29, 0.717) is 17.5 Å². The fraction of sp³-hybridized carbons (Fsp3) is 0.0517. The third kappa shape index (κ3) is 6.40. The highest BCUT2D eigenvalue weighted by molar-refractivity contribution is 6.15. The van der Waals surface area contributed by atoms with Crippen LogP contribution >= 0.6 is 0 Å². The topological polar surface area (TPSA) is 48.5 Å². The first kappa shape index (κ1) is 36.5. The van der Waals surface area contributed by atoms with E-state index in [1.165, 1.54) is 27.3 Å². The number of hydrogen-bond donors (Lipinski definition) is 0. The molecule has 0 spiro atoms. The molecule has 0 atom stereocenters. The van der Waals surface area contributed by atoms with Gasteiger partial charge in [-0.05, 0) is 90.1 Å². The molecule has 0 fully saturated rings. The molecule has 0 bridgehead atoms. The van der Waals surface area contributed by atoms with Crippen LogP contribution in [0.3, 0.4) is 0 Å². The summed E-state index contributed by atoms with van der Waals surface area (Å²) in [5.41, 5.74) is 15.5. The van der Waals surface area contributed by atoms with Gasteiger partial charge in [-0.2, -0.15) is 0 Å². The van der Waals surface area contributed by atoms with E-state index in [9.17, 15) is 0 Å². The Morgan fingerprint density at radius 3 is 1.92 bits per heavy atom. The average molecular weight is 806 g/mol. The van der Waals surface area contributed by atoms with E-state index in [-0.39, 0.29) is 0 Å². The number of benzene rings is 7. The van der Waals surface area contributed by atoms with Gasteiger partial charge in [0.2, 0.25) is 0 Å². The van der Waals surface area contributed by atoms with Gasteiger partial charge < -0.3 is 9.13 Å². The van der Waals surface area contributed by atoms with Crippen molar-refractivity contribution in [1.82, 2.24) is 24.1 Å². The van der Waals surface area contributed by atoms with E-state index < -0.39 is 0 Å². The van der Waals surface area contributed by atoms with Crippen LogP contribution < -0.4 is 0 Å². The van der Waals surface area contributed by atoms with Crippen molar-refractivity contribution in [2.75, 3.05) is 0 Å². The second-order valence-corrected chi connectivity index (χ2v) is 16.1. The Bertz CT molecular complexity index is 3570. The second kappa shape index (κ2) is 15.3. The van der Waals surface area contributed by atoms with E-state index in [1.54, 1.807) is 0 Å². The lowest BCUT2D eigenvalue weighted by molar-refractivity contribution is 1.04. The molecule has 3 aromatic heterocycles. The Morgan fingerprint density at radius 1 is 0.476 bits per heavy atom. The normalized spacial score (nSPS) is 13.2. The molecule has 5 nitrogen and oxygen atoms in total. The van der Waals surface area contributed by atoms with Gasteiger partial charge in [-0.15, -0.1) is 0 Å². The third-order valence-corrected chi connectivity index (χ3v) is 12.3. The maximum absolute atomic E-state index is 5.12. The van der Waals surface area contributed by atoms with Crippen LogP contribution in [0.25, 0.3) is 101 Å². The first-order valence-corrected chi connectivity index (χ1v) is 21.6. The van der Waals surface area contributed by atoms with Gasteiger partial charge in [-0.3, -0.25) is 0 Å². The summed E-state index contributed by atoms with van der Waals surface area (Å²) in [6.07, 6.45) is 13.9. The van der Waals surface area contributed by atoms with Gasteiger partial charge in [0.15, 0.2) is 17.5 Å². The molecule has 0 saturated carbocycles. The quantitative estimate of drug-likeness (QED) is 0.151. The van der Waals surface area contributed by atoms with Crippen LogP contribution in [0.4, 0.5) is 0 Å². The molecule has 0 saturated heterocycles. The minimum atomic E-state index is 0.622. The highest BCUT2D eigenvalue weighted by atomic mass is 15.0. The minimum absolute atomic E-state index is 0.622. The molecule has 0 N–H and O–H groups in total. The van der Waals surface area contributed by atoms with Crippen LogP contribution in [-0.4, -0.2) is 24.1 Å². The molecule has 296 valence electrons. The van der Waals surface area contributed by atoms with Gasteiger partial charge in [0.1, 0.15) is 5.69 Å². The van der Waals surface area contributed by atoms with E-state index in [0.717, 1.165) is 86.3 Å². The zero-order valence-corrected chi connectivity index (χ0v) is 34.4. The zero-order chi connectivity index (χ0) is 41.7. The monoisotopic (exact) mass is 805 g/mol. The molecule has 0 amide bonds. The number of aromatic nitrogens is 5. The van der Waals surface area contributed by atoms with Gasteiger partial charge in [-0.1, -0.05) is 152 Å². The second-order valence-electron chi connectivity index (χ2n) is 16.1. The van der Waals surface area contributed by atoms with Crippen molar-refractivity contribution in [1.29, 1.82) is 0 Å². The molecule has 2 aliphatic rings. The number of nitrogens with zero attached hydrogens (tertiary/aromatic N) is 5. The molecule has 12 rings (SSSR count). The summed E-state index contributed by atoms with van der Waals surface area (Å²) < 4.78 is 4.80. The van der Waals surface area contributed by atoms with Gasteiger partial charge in [0, 0.05) is 56.1 Å². The van der Waals surface area contributed by atoms with Crippen molar-refractivity contribution in [3.8, 4) is 68.5 Å². The number of hydrogen-bond acceptors (Lipinski definition) is 3. The Labute approximate surface area is 365 Å². The van der Waals surface area contributed by atoms with Gasteiger partial charge >= 0.3 is 0 Å². The predicted octanol–water partition coefficient (Wildman–Crippen LogP) is 14.1. The standard InChI is InChI=1S/C58H39N5/c1-5-18-39(19-6-1)43-24-17-25-44(36-43)58-60-56(41-22-9-3-10-23-41)59-57(61-58)42-32-34-45(35-33-42)62-52-31-16-14-28-47(52)49-38-55-50(37-54(49)62)48-27-11-4-12-29-53(48)63(55)51-30-15-13-26-46(51)40-20-7-2-8-21-40/h1-3,5-7,9-11,13-20,22-28,30-38H,4,8,21H2. The first-order valence-electron chi connectivity index (χ1n) is 21.6. The Balaban J connectivity index is 1.01. The van der Waals surface area contributed by atoms with Crippen LogP contribution in [-0.2, 0) is 0 Å². The Morgan fingerprint density at radius 2 is 1.13 bits per heavy atom. The molecule has 0 radical (unpaired) electrons. The van der Waals surface area contributed by atoms with Crippen LogP contribution in [0.2, 0.25) is 0 Å². The Kier molecular flexibility index (Phi) is 8.86. The van der Waals surface area contributed by atoms with Crippen molar-refractivity contribution in [3.05, 3.63) is 211 Å². The summed E-state index contributed by atoms with van der Waals surface area (Å²) in [5, 5.41) is 3.57. The molecule has 0 unspecified atom stereocenters. The molecule has 63 heavy (non-hydrogen) atoms. The number of rotatable bonds is 7. The van der Waals surface area contributed by atoms with Crippen molar-refractivity contribution < 1.29 is 0 Å². The van der Waals surface area contributed by atoms with E-state index >= 15 is 0 Å². The number of para-hydroxylation sites is 2. The maximum atomic E-state index is 5.12. The molecule has 3 heterocycles. The fourth-order valence-electron chi connectivity index (χ4n) is 9.31. The molecule has 7 aromatic carbocycles. The van der Waals surface area contributed by atoms with Crippen molar-refractivity contribution in [2.45, 2.75) is 19.3 Å². The third-order valence-electron chi connectivity index (χ3n) is 12.3. The summed E-state index contributed by atoms with van der Waals surface area (Å²) in [5.74, 6) is 8.91. The summed E-state index contributed by atoms with van der Waals surface area (Å²) >= 11 is 0. The molecule has 5 heteroatoms. The molecular weight excluding hydrogens is 767 g/mol. The predicted molar refractivity (Wildman–Crippen MR) is 260 cm³/mol. The SMILES string of the molecule is C1#Cc2c(c3cc4c(cc3n2-c2ccccc2C2=CC=CCC2)c2ccccc2n4-c2ccc(-c3nc(-c4ccccc4)nc(-c4cccc(-c5ccccc5)c4)n3)cc2)C=CC1. The summed E-state index contributed by atoms with van der Waals surface area (Å²) in [7, 11) is 0. The molecular formula is C58H39N5. The van der Waals surface area contributed by atoms with E-state index in [4.69, 9.17) is 15.0 Å². The van der Waals surface area contributed by atoms with Crippen LogP contribution in [0.5, 0.6) is 0 Å². The summed E-state index contributed by atoms with van der Waals surface area (Å²) in [6.45, 7) is 0. The first-order chi connectivity index (χ1) is 31.2. The molecule has 0 aliphatic heterocycles. The molecule has 10 aromatic rings. The number of allylic oxidation sites excluding steroid dienone is 5. The van der Waals surface area contributed by atoms with Crippen LogP contribution in [0.1, 0.15) is 36.1 Å². The summed E-state index contributed by atoms with van der Waals surface area (Å²) in [6, 6.07) is 59.9. The lowest BCUT2D eigenvalue weighted by Gasteiger charge is -2.17. The minimum Gasteiger partial charge on any atom is -0.309 e.